The van der Waals surface area contributed by atoms with E-state index < -0.39 is 18.0 Å². The maximum absolute atomic E-state index is 13.5. The Morgan fingerprint density at radius 1 is 1.16 bits per heavy atom. The van der Waals surface area contributed by atoms with Gasteiger partial charge in [-0.05, 0) is 54.6 Å². The van der Waals surface area contributed by atoms with E-state index in [1.807, 2.05) is 24.4 Å². The molecule has 0 saturated heterocycles. The summed E-state index contributed by atoms with van der Waals surface area (Å²) in [7, 11) is 1.30. The van der Waals surface area contributed by atoms with Crippen LogP contribution in [0.4, 0.5) is 0 Å². The fourth-order valence-corrected chi connectivity index (χ4v) is 5.51. The van der Waals surface area contributed by atoms with Gasteiger partial charge in [0.2, 0.25) is 0 Å². The van der Waals surface area contributed by atoms with Gasteiger partial charge < -0.3 is 9.47 Å². The van der Waals surface area contributed by atoms with Crippen LogP contribution in [0.15, 0.2) is 56.8 Å². The number of methoxy groups -OCH3 is 1. The predicted molar refractivity (Wildman–Crippen MR) is 123 cm³/mol. The van der Waals surface area contributed by atoms with Gasteiger partial charge in [0.15, 0.2) is 4.80 Å². The molecule has 0 radical (unpaired) electrons. The van der Waals surface area contributed by atoms with Crippen LogP contribution in [0, 0.1) is 6.92 Å². The molecule has 1 aliphatic heterocycles. The second-order valence-electron chi connectivity index (χ2n) is 7.20. The Labute approximate surface area is 191 Å². The molecule has 0 unspecified atom stereocenters. The van der Waals surface area contributed by atoms with Crippen LogP contribution >= 0.6 is 22.7 Å². The molecule has 9 heteroatoms. The minimum atomic E-state index is -0.711. The molecule has 0 spiro atoms. The second kappa shape index (κ2) is 8.68. The van der Waals surface area contributed by atoms with E-state index in [4.69, 9.17) is 9.47 Å². The van der Waals surface area contributed by atoms with Crippen molar-refractivity contribution in [3.05, 3.63) is 82.7 Å². The molecule has 0 N–H and O–H groups in total. The Balaban J connectivity index is 1.92. The lowest BCUT2D eigenvalue weighted by atomic mass is 9.96. The van der Waals surface area contributed by atoms with Crippen LogP contribution in [-0.4, -0.2) is 23.6 Å². The van der Waals surface area contributed by atoms with Crippen LogP contribution in [0.2, 0.25) is 0 Å². The first-order chi connectivity index (χ1) is 15.3. The molecule has 3 heterocycles. The van der Waals surface area contributed by atoms with Gasteiger partial charge in [-0.15, -0.1) is 11.3 Å². The standard InChI is InChI=1S/C23H20N2O5S2/c1-12-9-10-31-17(12)11-18-21(27)25-20(15-5-7-16(8-6-15)30-14(3)26)19(22(28)29-4)13(2)24-23(25)32-18/h5-11,20H,1-4H3/t20-/m0/s1. The molecule has 2 aromatic heterocycles. The van der Waals surface area contributed by atoms with Crippen LogP contribution in [0.5, 0.6) is 5.75 Å². The summed E-state index contributed by atoms with van der Waals surface area (Å²) in [6.07, 6.45) is 1.86. The zero-order valence-corrected chi connectivity index (χ0v) is 19.5. The lowest BCUT2D eigenvalue weighted by Crippen LogP contribution is -2.39. The van der Waals surface area contributed by atoms with Gasteiger partial charge in [0.25, 0.3) is 5.56 Å². The number of aromatic nitrogens is 1. The number of thiophene rings is 1. The van der Waals surface area contributed by atoms with E-state index in [1.54, 1.807) is 42.5 Å². The van der Waals surface area contributed by atoms with Gasteiger partial charge in [-0.2, -0.15) is 0 Å². The Kier molecular flexibility index (Phi) is 5.94. The molecule has 0 aliphatic carbocycles. The summed E-state index contributed by atoms with van der Waals surface area (Å²) in [5.41, 5.74) is 2.31. The number of rotatable bonds is 4. The van der Waals surface area contributed by atoms with Crippen molar-refractivity contribution in [2.75, 3.05) is 7.11 Å². The highest BCUT2D eigenvalue weighted by Crippen LogP contribution is 2.31. The third-order valence-electron chi connectivity index (χ3n) is 5.05. The maximum atomic E-state index is 13.5. The fraction of sp³-hybridized carbons (Fsp3) is 0.217. The second-order valence-corrected chi connectivity index (χ2v) is 9.16. The summed E-state index contributed by atoms with van der Waals surface area (Å²) >= 11 is 2.84. The third-order valence-corrected chi connectivity index (χ3v) is 7.00. The maximum Gasteiger partial charge on any atom is 0.338 e. The molecule has 164 valence electrons. The predicted octanol–water partition coefficient (Wildman–Crippen LogP) is 2.70. The van der Waals surface area contributed by atoms with Gasteiger partial charge in [-0.3, -0.25) is 14.2 Å². The summed E-state index contributed by atoms with van der Waals surface area (Å²) in [4.78, 5) is 43.4. The highest BCUT2D eigenvalue weighted by molar-refractivity contribution is 7.11. The molecule has 1 aromatic carbocycles. The zero-order valence-electron chi connectivity index (χ0n) is 17.9. The molecule has 1 atom stereocenters. The molecule has 0 fully saturated rings. The average Bonchev–Trinajstić information content (AvgIpc) is 3.29. The number of hydrogen-bond acceptors (Lipinski definition) is 8. The monoisotopic (exact) mass is 468 g/mol. The molecule has 7 nitrogen and oxygen atoms in total. The molecule has 3 aromatic rings. The van der Waals surface area contributed by atoms with E-state index in [0.29, 0.717) is 31.9 Å². The van der Waals surface area contributed by atoms with Crippen molar-refractivity contribution in [3.63, 3.8) is 0 Å². The van der Waals surface area contributed by atoms with Crippen molar-refractivity contribution in [2.45, 2.75) is 26.8 Å². The molecular weight excluding hydrogens is 448 g/mol. The van der Waals surface area contributed by atoms with E-state index in [9.17, 15) is 14.4 Å². The number of ether oxygens (including phenoxy) is 2. The Morgan fingerprint density at radius 2 is 1.88 bits per heavy atom. The summed E-state index contributed by atoms with van der Waals surface area (Å²) in [6.45, 7) is 5.04. The highest BCUT2D eigenvalue weighted by Gasteiger charge is 2.33. The van der Waals surface area contributed by atoms with E-state index >= 15 is 0 Å². The van der Waals surface area contributed by atoms with Gasteiger partial charge in [0.1, 0.15) is 5.75 Å². The van der Waals surface area contributed by atoms with E-state index in [0.717, 1.165) is 10.4 Å². The normalized spacial score (nSPS) is 15.9. The van der Waals surface area contributed by atoms with Gasteiger partial charge in [-0.1, -0.05) is 23.5 Å². The van der Waals surface area contributed by atoms with Crippen LogP contribution in [0.25, 0.3) is 6.08 Å². The SMILES string of the molecule is COC(=O)C1=C(C)N=c2sc(=Cc3sccc3C)c(=O)n2[C@H]1c1ccc(OC(C)=O)cc1. The van der Waals surface area contributed by atoms with Crippen LogP contribution < -0.4 is 19.6 Å². The number of allylic oxidation sites excluding steroid dienone is 1. The molecule has 0 amide bonds. The van der Waals surface area contributed by atoms with E-state index in [2.05, 4.69) is 4.99 Å². The number of thiazole rings is 1. The third kappa shape index (κ3) is 3.96. The number of hydrogen-bond donors (Lipinski definition) is 0. The number of benzene rings is 1. The Bertz CT molecular complexity index is 1420. The fourth-order valence-electron chi connectivity index (χ4n) is 3.54. The minimum Gasteiger partial charge on any atom is -0.466 e. The Morgan fingerprint density at radius 3 is 2.47 bits per heavy atom. The van der Waals surface area contributed by atoms with Gasteiger partial charge >= 0.3 is 11.9 Å². The lowest BCUT2D eigenvalue weighted by Gasteiger charge is -2.24. The number of carbonyl (C=O) groups excluding carboxylic acids is 2. The molecule has 4 rings (SSSR count). The molecular formula is C23H20N2O5S2. The summed E-state index contributed by atoms with van der Waals surface area (Å²) in [5, 5.41) is 1.98. The van der Waals surface area contributed by atoms with Crippen LogP contribution in [-0.2, 0) is 14.3 Å². The number of nitrogens with zero attached hydrogens (tertiary/aromatic N) is 2. The van der Waals surface area contributed by atoms with Crippen molar-refractivity contribution in [2.24, 2.45) is 4.99 Å². The largest absolute Gasteiger partial charge is 0.466 e. The minimum absolute atomic E-state index is 0.232. The van der Waals surface area contributed by atoms with Crippen molar-refractivity contribution in [3.8, 4) is 5.75 Å². The highest BCUT2D eigenvalue weighted by atomic mass is 32.1. The van der Waals surface area contributed by atoms with Gasteiger partial charge in [-0.25, -0.2) is 9.79 Å². The summed E-state index contributed by atoms with van der Waals surface area (Å²) in [6, 6.07) is 8.01. The first-order valence-electron chi connectivity index (χ1n) is 9.73. The van der Waals surface area contributed by atoms with Crippen LogP contribution in [0.3, 0.4) is 0 Å². The topological polar surface area (TPSA) is 87.0 Å². The summed E-state index contributed by atoms with van der Waals surface area (Å²) < 4.78 is 12.2. The molecule has 1 aliphatic rings. The first-order valence-corrected chi connectivity index (χ1v) is 11.4. The average molecular weight is 469 g/mol. The van der Waals surface area contributed by atoms with Crippen molar-refractivity contribution in [1.82, 2.24) is 4.57 Å². The van der Waals surface area contributed by atoms with E-state index in [-0.39, 0.29) is 5.56 Å². The zero-order chi connectivity index (χ0) is 23.0. The number of esters is 2. The van der Waals surface area contributed by atoms with Gasteiger partial charge in [0, 0.05) is 11.8 Å². The number of carbonyl (C=O) groups is 2. The first kappa shape index (κ1) is 21.9. The molecule has 0 bridgehead atoms. The summed E-state index contributed by atoms with van der Waals surface area (Å²) in [5.74, 6) is -0.605. The smallest absolute Gasteiger partial charge is 0.338 e. The van der Waals surface area contributed by atoms with Crippen LogP contribution in [0.1, 0.15) is 35.9 Å². The van der Waals surface area contributed by atoms with Crippen molar-refractivity contribution in [1.29, 1.82) is 0 Å². The van der Waals surface area contributed by atoms with Crippen molar-refractivity contribution >= 4 is 40.7 Å². The number of aryl methyl sites for hydroxylation is 1. The van der Waals surface area contributed by atoms with Gasteiger partial charge in [0.05, 0.1) is 29.0 Å². The lowest BCUT2D eigenvalue weighted by molar-refractivity contribution is -0.136. The molecule has 0 saturated carbocycles. The van der Waals surface area contributed by atoms with Crippen molar-refractivity contribution < 1.29 is 19.1 Å². The Hall–Kier alpha value is -3.30. The van der Waals surface area contributed by atoms with E-state index in [1.165, 1.54) is 29.9 Å². The number of fused-ring (bicyclic) bond motifs is 1. The molecule has 32 heavy (non-hydrogen) atoms. The quantitative estimate of drug-likeness (QED) is 0.434.